The Balaban J connectivity index is 1.37. The third kappa shape index (κ3) is 4.00. The molecule has 3 heterocycles. The summed E-state index contributed by atoms with van der Waals surface area (Å²) in [7, 11) is 2.05. The van der Waals surface area contributed by atoms with Gasteiger partial charge in [0.1, 0.15) is 11.9 Å². The predicted octanol–water partition coefficient (Wildman–Crippen LogP) is 2.77. The predicted molar refractivity (Wildman–Crippen MR) is 108 cm³/mol. The van der Waals surface area contributed by atoms with E-state index in [4.69, 9.17) is 16.4 Å². The SMILES string of the molecule is CN1CCN=C1c1ccc(C2=CC(CNC(=O)c3ccc(Cl)s3)ON2)cc1. The average Bonchev–Trinajstić information content (AvgIpc) is 3.41. The number of rotatable bonds is 5. The van der Waals surface area contributed by atoms with Crippen LogP contribution in [0.3, 0.4) is 0 Å². The van der Waals surface area contributed by atoms with Gasteiger partial charge < -0.3 is 10.2 Å². The van der Waals surface area contributed by atoms with E-state index >= 15 is 0 Å². The fraction of sp³-hybridized carbons (Fsp3) is 0.263. The lowest BCUT2D eigenvalue weighted by molar-refractivity contribution is 0.0499. The van der Waals surface area contributed by atoms with Crippen LogP contribution in [0, 0.1) is 0 Å². The molecule has 0 radical (unpaired) electrons. The molecule has 1 amide bonds. The van der Waals surface area contributed by atoms with Gasteiger partial charge in [-0.25, -0.2) is 0 Å². The summed E-state index contributed by atoms with van der Waals surface area (Å²) in [6.45, 7) is 2.19. The molecule has 8 heteroatoms. The first-order chi connectivity index (χ1) is 13.1. The molecule has 0 spiro atoms. The number of aliphatic imine (C=N–C) groups is 1. The molecule has 2 aromatic rings. The highest BCUT2D eigenvalue weighted by molar-refractivity contribution is 7.17. The molecule has 0 fully saturated rings. The van der Waals surface area contributed by atoms with Gasteiger partial charge in [0.25, 0.3) is 5.91 Å². The minimum absolute atomic E-state index is 0.150. The van der Waals surface area contributed by atoms with Gasteiger partial charge in [-0.15, -0.1) is 11.3 Å². The van der Waals surface area contributed by atoms with Crippen LogP contribution in [0.25, 0.3) is 5.70 Å². The van der Waals surface area contributed by atoms with E-state index in [2.05, 4.69) is 39.9 Å². The normalized spacial score (nSPS) is 18.9. The van der Waals surface area contributed by atoms with Gasteiger partial charge in [-0.1, -0.05) is 35.9 Å². The number of hydroxylamine groups is 1. The summed E-state index contributed by atoms with van der Waals surface area (Å²) in [5.74, 6) is 0.878. The highest BCUT2D eigenvalue weighted by atomic mass is 35.5. The van der Waals surface area contributed by atoms with Gasteiger partial charge in [-0.2, -0.15) is 0 Å². The third-order valence-electron chi connectivity index (χ3n) is 4.45. The lowest BCUT2D eigenvalue weighted by atomic mass is 10.1. The molecule has 6 nitrogen and oxygen atoms in total. The second-order valence-electron chi connectivity index (χ2n) is 6.36. The molecule has 4 rings (SSSR count). The lowest BCUT2D eigenvalue weighted by Gasteiger charge is -2.14. The first-order valence-electron chi connectivity index (χ1n) is 8.63. The molecular weight excluding hydrogens is 384 g/mol. The largest absolute Gasteiger partial charge is 0.358 e. The summed E-state index contributed by atoms with van der Waals surface area (Å²) in [4.78, 5) is 24.9. The van der Waals surface area contributed by atoms with Crippen LogP contribution < -0.4 is 10.8 Å². The number of hydrogen-bond acceptors (Lipinski definition) is 6. The molecule has 2 aliphatic heterocycles. The zero-order chi connectivity index (χ0) is 18.8. The fourth-order valence-corrected chi connectivity index (χ4v) is 3.97. The van der Waals surface area contributed by atoms with Crippen molar-refractivity contribution in [1.82, 2.24) is 15.7 Å². The molecule has 0 saturated carbocycles. The summed E-state index contributed by atoms with van der Waals surface area (Å²) in [5, 5.41) is 2.86. The van der Waals surface area contributed by atoms with Crippen molar-refractivity contribution < 1.29 is 9.63 Å². The fourth-order valence-electron chi connectivity index (χ4n) is 3.01. The van der Waals surface area contributed by atoms with Crippen molar-refractivity contribution >= 4 is 40.4 Å². The van der Waals surface area contributed by atoms with Gasteiger partial charge in [0, 0.05) is 19.2 Å². The quantitative estimate of drug-likeness (QED) is 0.807. The Labute approximate surface area is 166 Å². The second kappa shape index (κ2) is 7.72. The number of nitrogens with zero attached hydrogens (tertiary/aromatic N) is 2. The van der Waals surface area contributed by atoms with E-state index < -0.39 is 0 Å². The van der Waals surface area contributed by atoms with Crippen LogP contribution in [0.1, 0.15) is 20.8 Å². The minimum Gasteiger partial charge on any atom is -0.358 e. The number of amidine groups is 1. The van der Waals surface area contributed by atoms with Crippen LogP contribution in [0.4, 0.5) is 0 Å². The molecule has 0 aliphatic carbocycles. The van der Waals surface area contributed by atoms with Gasteiger partial charge in [-0.3, -0.25) is 20.1 Å². The summed E-state index contributed by atoms with van der Waals surface area (Å²) in [6.07, 6.45) is 1.74. The summed E-state index contributed by atoms with van der Waals surface area (Å²) >= 11 is 7.12. The van der Waals surface area contributed by atoms with Crippen molar-refractivity contribution in [3.8, 4) is 0 Å². The van der Waals surface area contributed by atoms with Crippen LogP contribution in [-0.2, 0) is 4.84 Å². The molecule has 140 valence electrons. The van der Waals surface area contributed by atoms with Crippen LogP contribution in [0.2, 0.25) is 4.34 Å². The van der Waals surface area contributed by atoms with E-state index in [1.165, 1.54) is 11.3 Å². The molecule has 1 unspecified atom stereocenters. The molecule has 1 atom stereocenters. The number of halogens is 1. The van der Waals surface area contributed by atoms with Crippen molar-refractivity contribution in [3.63, 3.8) is 0 Å². The van der Waals surface area contributed by atoms with Crippen molar-refractivity contribution in [1.29, 1.82) is 0 Å². The van der Waals surface area contributed by atoms with E-state index in [0.29, 0.717) is 15.8 Å². The van der Waals surface area contributed by atoms with Gasteiger partial charge in [0.05, 0.1) is 28.0 Å². The smallest absolute Gasteiger partial charge is 0.261 e. The number of likely N-dealkylation sites (N-methyl/N-ethyl adjacent to an activating group) is 1. The van der Waals surface area contributed by atoms with Gasteiger partial charge in [0.2, 0.25) is 0 Å². The Morgan fingerprint density at radius 2 is 2.11 bits per heavy atom. The van der Waals surface area contributed by atoms with E-state index in [-0.39, 0.29) is 12.0 Å². The Kier molecular flexibility index (Phi) is 5.15. The zero-order valence-corrected chi connectivity index (χ0v) is 16.3. The standard InChI is InChI=1S/C19H19ClN4O2S/c1-24-9-8-21-18(24)13-4-2-12(3-5-13)15-10-14(26-23-15)11-22-19(25)16-6-7-17(20)27-16/h2-7,10,14,23H,8-9,11H2,1H3,(H,22,25). The van der Waals surface area contributed by atoms with E-state index in [1.54, 1.807) is 12.1 Å². The van der Waals surface area contributed by atoms with Crippen molar-refractivity contribution in [2.75, 3.05) is 26.7 Å². The van der Waals surface area contributed by atoms with Crippen molar-refractivity contribution in [3.05, 3.63) is 62.8 Å². The number of nitrogens with one attached hydrogen (secondary N) is 2. The van der Waals surface area contributed by atoms with E-state index in [1.807, 2.05) is 18.2 Å². The monoisotopic (exact) mass is 402 g/mol. The molecule has 0 saturated heterocycles. The lowest BCUT2D eigenvalue weighted by Crippen LogP contribution is -2.31. The molecular formula is C19H19ClN4O2S. The average molecular weight is 403 g/mol. The molecule has 2 N–H and O–H groups in total. The maximum atomic E-state index is 12.1. The Morgan fingerprint density at radius 1 is 1.33 bits per heavy atom. The highest BCUT2D eigenvalue weighted by Gasteiger charge is 2.20. The second-order valence-corrected chi connectivity index (χ2v) is 8.07. The summed E-state index contributed by atoms with van der Waals surface area (Å²) in [5.41, 5.74) is 5.96. The van der Waals surface area contributed by atoms with Crippen LogP contribution in [0.15, 0.2) is 47.5 Å². The van der Waals surface area contributed by atoms with Gasteiger partial charge in [-0.05, 0) is 23.8 Å². The molecule has 1 aromatic heterocycles. The zero-order valence-electron chi connectivity index (χ0n) is 14.7. The van der Waals surface area contributed by atoms with Crippen molar-refractivity contribution in [2.24, 2.45) is 4.99 Å². The number of carbonyl (C=O) groups excluding carboxylic acids is 1. The number of hydrogen-bond donors (Lipinski definition) is 2. The van der Waals surface area contributed by atoms with Crippen LogP contribution in [0.5, 0.6) is 0 Å². The van der Waals surface area contributed by atoms with Crippen LogP contribution in [-0.4, -0.2) is 49.4 Å². The maximum absolute atomic E-state index is 12.1. The van der Waals surface area contributed by atoms with E-state index in [9.17, 15) is 4.79 Å². The Morgan fingerprint density at radius 3 is 2.78 bits per heavy atom. The molecule has 1 aromatic carbocycles. The maximum Gasteiger partial charge on any atom is 0.261 e. The van der Waals surface area contributed by atoms with Gasteiger partial charge in [0.15, 0.2) is 0 Å². The topological polar surface area (TPSA) is 66.0 Å². The summed E-state index contributed by atoms with van der Waals surface area (Å²) < 4.78 is 0.597. The Hall–Kier alpha value is -2.35. The highest BCUT2D eigenvalue weighted by Crippen LogP contribution is 2.22. The number of carbonyl (C=O) groups is 1. The Bertz CT molecular complexity index is 907. The molecule has 2 aliphatic rings. The molecule has 27 heavy (non-hydrogen) atoms. The first-order valence-corrected chi connectivity index (χ1v) is 9.83. The third-order valence-corrected chi connectivity index (χ3v) is 5.68. The first kappa shape index (κ1) is 18.0. The van der Waals surface area contributed by atoms with Gasteiger partial charge >= 0.3 is 0 Å². The summed E-state index contributed by atoms with van der Waals surface area (Å²) in [6, 6.07) is 11.6. The number of thiophene rings is 1. The minimum atomic E-state index is -0.232. The van der Waals surface area contributed by atoms with Crippen molar-refractivity contribution in [2.45, 2.75) is 6.10 Å². The van der Waals surface area contributed by atoms with E-state index in [0.717, 1.165) is 35.7 Å². The molecule has 0 bridgehead atoms. The number of benzene rings is 1. The number of amides is 1. The van der Waals surface area contributed by atoms with Crippen LogP contribution >= 0.6 is 22.9 Å².